The Hall–Kier alpha value is -2.91. The smallest absolute Gasteiger partial charge is 0.407 e. The molecule has 1 aliphatic rings. The van der Waals surface area contributed by atoms with Gasteiger partial charge in [0.2, 0.25) is 5.91 Å². The number of hydroxylamine groups is 2. The molecular formula is C12H15N3O7. The van der Waals surface area contributed by atoms with E-state index in [0.717, 1.165) is 0 Å². The average Bonchev–Trinajstić information content (AvgIpc) is 2.80. The van der Waals surface area contributed by atoms with Gasteiger partial charge in [-0.25, -0.2) is 9.59 Å². The molecule has 1 aliphatic heterocycles. The van der Waals surface area contributed by atoms with E-state index in [1.165, 1.54) is 6.08 Å². The van der Waals surface area contributed by atoms with Crippen LogP contribution in [-0.2, 0) is 28.8 Å². The van der Waals surface area contributed by atoms with Gasteiger partial charge in [-0.15, -0.1) is 5.06 Å². The van der Waals surface area contributed by atoms with E-state index in [9.17, 15) is 24.0 Å². The number of hydrogen-bond acceptors (Lipinski definition) is 7. The Morgan fingerprint density at radius 3 is 2.36 bits per heavy atom. The third-order valence-electron chi connectivity index (χ3n) is 2.35. The third-order valence-corrected chi connectivity index (χ3v) is 2.35. The number of carbonyl (C=O) groups excluding carboxylic acids is 5. The molecule has 0 aliphatic carbocycles. The molecule has 10 nitrogen and oxygen atoms in total. The molecule has 0 aromatic heterocycles. The van der Waals surface area contributed by atoms with Gasteiger partial charge in [0.05, 0.1) is 0 Å². The number of alkyl carbamates (subject to hydrolysis) is 1. The summed E-state index contributed by atoms with van der Waals surface area (Å²) in [7, 11) is 0. The number of imide groups is 1. The lowest BCUT2D eigenvalue weighted by atomic mass is 10.4. The molecule has 2 N–H and O–H groups in total. The lowest BCUT2D eigenvalue weighted by Crippen LogP contribution is -2.41. The van der Waals surface area contributed by atoms with Crippen molar-refractivity contribution in [3.05, 3.63) is 12.7 Å². The first-order chi connectivity index (χ1) is 10.4. The Morgan fingerprint density at radius 2 is 1.77 bits per heavy atom. The fraction of sp³-hybridized carbons (Fsp3) is 0.417. The maximum absolute atomic E-state index is 11.4. The van der Waals surface area contributed by atoms with E-state index in [1.54, 1.807) is 0 Å². The predicted molar refractivity (Wildman–Crippen MR) is 69.7 cm³/mol. The summed E-state index contributed by atoms with van der Waals surface area (Å²) in [4.78, 5) is 60.6. The number of nitrogens with zero attached hydrogens (tertiary/aromatic N) is 1. The summed E-state index contributed by atoms with van der Waals surface area (Å²) >= 11 is 0. The SMILES string of the molecule is C=CCOC(=O)NCC(=O)NCC(=O)ON1C(=O)CCC1=O. The molecule has 0 unspecified atom stereocenters. The fourth-order valence-electron chi connectivity index (χ4n) is 1.36. The van der Waals surface area contributed by atoms with E-state index in [2.05, 4.69) is 26.8 Å². The number of ether oxygens (including phenoxy) is 1. The average molecular weight is 313 g/mol. The number of rotatable bonds is 7. The van der Waals surface area contributed by atoms with Gasteiger partial charge in [0.1, 0.15) is 19.7 Å². The molecule has 0 saturated carbocycles. The molecule has 10 heteroatoms. The zero-order valence-corrected chi connectivity index (χ0v) is 11.6. The molecule has 1 heterocycles. The quantitative estimate of drug-likeness (QED) is 0.437. The minimum absolute atomic E-state index is 0.00231. The molecule has 0 aromatic rings. The molecule has 0 spiro atoms. The zero-order chi connectivity index (χ0) is 16.5. The van der Waals surface area contributed by atoms with Crippen LogP contribution in [0.3, 0.4) is 0 Å². The van der Waals surface area contributed by atoms with Crippen LogP contribution in [0.1, 0.15) is 12.8 Å². The Labute approximate surface area is 125 Å². The van der Waals surface area contributed by atoms with E-state index in [-0.39, 0.29) is 19.4 Å². The minimum Gasteiger partial charge on any atom is -0.445 e. The van der Waals surface area contributed by atoms with Crippen molar-refractivity contribution in [2.45, 2.75) is 12.8 Å². The Kier molecular flexibility index (Phi) is 6.54. The molecule has 0 aromatic carbocycles. The van der Waals surface area contributed by atoms with Gasteiger partial charge in [-0.3, -0.25) is 14.4 Å². The van der Waals surface area contributed by atoms with Crippen LogP contribution < -0.4 is 10.6 Å². The number of hydrogen-bond donors (Lipinski definition) is 2. The molecule has 1 saturated heterocycles. The Bertz CT molecular complexity index is 487. The van der Waals surface area contributed by atoms with E-state index >= 15 is 0 Å². The van der Waals surface area contributed by atoms with Crippen LogP contribution in [-0.4, -0.2) is 54.5 Å². The van der Waals surface area contributed by atoms with Crippen molar-refractivity contribution in [3.63, 3.8) is 0 Å². The van der Waals surface area contributed by atoms with Crippen molar-refractivity contribution < 1.29 is 33.5 Å². The molecule has 120 valence electrons. The number of nitrogens with one attached hydrogen (secondary N) is 2. The number of amides is 4. The van der Waals surface area contributed by atoms with Crippen molar-refractivity contribution in [3.8, 4) is 0 Å². The standard InChI is InChI=1S/C12H15N3O7/c1-2-5-21-12(20)14-6-8(16)13-7-11(19)22-15-9(17)3-4-10(15)18/h2H,1,3-7H2,(H,13,16)(H,14,20). The van der Waals surface area contributed by atoms with Crippen LogP contribution in [0.2, 0.25) is 0 Å². The topological polar surface area (TPSA) is 131 Å². The minimum atomic E-state index is -0.980. The first-order valence-corrected chi connectivity index (χ1v) is 6.29. The molecule has 0 radical (unpaired) electrons. The number of carbonyl (C=O) groups is 5. The first kappa shape index (κ1) is 17.1. The molecule has 1 fully saturated rings. The molecule has 1 rings (SSSR count). The molecular weight excluding hydrogens is 298 g/mol. The van der Waals surface area contributed by atoms with Gasteiger partial charge < -0.3 is 20.2 Å². The lowest BCUT2D eigenvalue weighted by molar-refractivity contribution is -0.196. The van der Waals surface area contributed by atoms with Crippen LogP contribution in [0.5, 0.6) is 0 Å². The van der Waals surface area contributed by atoms with E-state index in [4.69, 9.17) is 0 Å². The maximum Gasteiger partial charge on any atom is 0.407 e. The van der Waals surface area contributed by atoms with Crippen molar-refractivity contribution in [2.75, 3.05) is 19.7 Å². The summed E-state index contributed by atoms with van der Waals surface area (Å²) in [6, 6.07) is 0. The highest BCUT2D eigenvalue weighted by Gasteiger charge is 2.32. The second-order valence-corrected chi connectivity index (χ2v) is 4.06. The van der Waals surface area contributed by atoms with Gasteiger partial charge in [-0.1, -0.05) is 12.7 Å². The summed E-state index contributed by atoms with van der Waals surface area (Å²) < 4.78 is 4.56. The van der Waals surface area contributed by atoms with Crippen LogP contribution in [0.4, 0.5) is 4.79 Å². The molecule has 0 bridgehead atoms. The van der Waals surface area contributed by atoms with Crippen LogP contribution >= 0.6 is 0 Å². The van der Waals surface area contributed by atoms with Gasteiger partial charge in [-0.05, 0) is 0 Å². The van der Waals surface area contributed by atoms with Crippen molar-refractivity contribution in [1.29, 1.82) is 0 Å². The van der Waals surface area contributed by atoms with Crippen LogP contribution in [0.15, 0.2) is 12.7 Å². The van der Waals surface area contributed by atoms with E-state index in [0.29, 0.717) is 5.06 Å². The van der Waals surface area contributed by atoms with Gasteiger partial charge in [0.15, 0.2) is 0 Å². The summed E-state index contributed by atoms with van der Waals surface area (Å²) in [6.45, 7) is 2.37. The van der Waals surface area contributed by atoms with Crippen LogP contribution in [0, 0.1) is 0 Å². The van der Waals surface area contributed by atoms with Gasteiger partial charge >= 0.3 is 12.1 Å². The highest BCUT2D eigenvalue weighted by atomic mass is 16.7. The molecule has 22 heavy (non-hydrogen) atoms. The van der Waals surface area contributed by atoms with Gasteiger partial charge in [0, 0.05) is 12.8 Å². The van der Waals surface area contributed by atoms with E-state index in [1.807, 2.05) is 0 Å². The summed E-state index contributed by atoms with van der Waals surface area (Å²) in [5.41, 5.74) is 0. The Balaban J connectivity index is 2.22. The normalized spacial score (nSPS) is 13.5. The van der Waals surface area contributed by atoms with Crippen molar-refractivity contribution in [1.82, 2.24) is 15.7 Å². The summed E-state index contributed by atoms with van der Waals surface area (Å²) in [6.07, 6.45) is 0.506. The fourth-order valence-corrected chi connectivity index (χ4v) is 1.36. The monoisotopic (exact) mass is 313 g/mol. The molecule has 0 atom stereocenters. The largest absolute Gasteiger partial charge is 0.445 e. The third kappa shape index (κ3) is 5.61. The van der Waals surface area contributed by atoms with Gasteiger partial charge in [-0.2, -0.15) is 0 Å². The van der Waals surface area contributed by atoms with E-state index < -0.39 is 42.9 Å². The second kappa shape index (κ2) is 8.39. The predicted octanol–water partition coefficient (Wildman–Crippen LogP) is -1.38. The Morgan fingerprint density at radius 1 is 1.14 bits per heavy atom. The summed E-state index contributed by atoms with van der Waals surface area (Å²) in [5, 5.41) is 4.66. The lowest BCUT2D eigenvalue weighted by Gasteiger charge is -2.12. The van der Waals surface area contributed by atoms with Gasteiger partial charge in [0.25, 0.3) is 11.8 Å². The first-order valence-electron chi connectivity index (χ1n) is 6.29. The zero-order valence-electron chi connectivity index (χ0n) is 11.6. The summed E-state index contributed by atoms with van der Waals surface area (Å²) in [5.74, 6) is -2.88. The van der Waals surface area contributed by atoms with Crippen molar-refractivity contribution in [2.24, 2.45) is 0 Å². The highest BCUT2D eigenvalue weighted by molar-refractivity contribution is 6.01. The second-order valence-electron chi connectivity index (χ2n) is 4.06. The van der Waals surface area contributed by atoms with Crippen LogP contribution in [0.25, 0.3) is 0 Å². The molecule has 4 amide bonds. The highest BCUT2D eigenvalue weighted by Crippen LogP contribution is 2.11. The maximum atomic E-state index is 11.4. The van der Waals surface area contributed by atoms with Crippen molar-refractivity contribution >= 4 is 29.8 Å².